The molecule has 1 nitrogen and oxygen atoms in total. The van der Waals surface area contributed by atoms with Crippen molar-refractivity contribution in [3.05, 3.63) is 83.4 Å². The normalized spacial score (nSPS) is 12.0. The topological polar surface area (TPSA) is 12.0 Å². The molecule has 0 saturated carbocycles. The van der Waals surface area contributed by atoms with Crippen molar-refractivity contribution >= 4 is 22.5 Å². The maximum absolute atomic E-state index is 4.08. The van der Waals surface area contributed by atoms with Gasteiger partial charge in [0, 0.05) is 5.69 Å². The number of para-hydroxylation sites is 1. The average molecular weight is 372 g/mol. The third-order valence-corrected chi connectivity index (χ3v) is 5.62. The van der Waals surface area contributed by atoms with Crippen LogP contribution in [0.25, 0.3) is 16.8 Å². The van der Waals surface area contributed by atoms with Crippen molar-refractivity contribution in [1.82, 2.24) is 0 Å². The summed E-state index contributed by atoms with van der Waals surface area (Å²) >= 11 is 0. The van der Waals surface area contributed by atoms with Gasteiger partial charge in [-0.05, 0) is 58.7 Å². The summed E-state index contributed by atoms with van der Waals surface area (Å²) in [5, 5.41) is 6.50. The Morgan fingerprint density at radius 3 is 2.00 bits per heavy atom. The van der Waals surface area contributed by atoms with Crippen molar-refractivity contribution in [3.63, 3.8) is 0 Å². The minimum absolute atomic E-state index is 0.251. The molecule has 0 saturated heterocycles. The monoisotopic (exact) mass is 371 g/mol. The Bertz CT molecular complexity index is 966. The van der Waals surface area contributed by atoms with Crippen LogP contribution in [0.1, 0.15) is 75.6 Å². The van der Waals surface area contributed by atoms with Gasteiger partial charge in [0.25, 0.3) is 0 Å². The molecule has 0 aliphatic heterocycles. The number of anilines is 1. The standard InChI is InChI=1S/C27H33N/c1-8-20-16-17-21-12-9-10-13-24(21)25(20)27(6,7)28-26-22(18(2)3)14-11-15-23(26)19(4)5/h8-19,28H,1H2,2-7H3. The number of rotatable bonds is 6. The van der Waals surface area contributed by atoms with E-state index >= 15 is 0 Å². The van der Waals surface area contributed by atoms with Crippen LogP contribution in [0.4, 0.5) is 5.69 Å². The molecule has 0 fully saturated rings. The highest BCUT2D eigenvalue weighted by Gasteiger charge is 2.27. The van der Waals surface area contributed by atoms with Gasteiger partial charge in [-0.2, -0.15) is 0 Å². The van der Waals surface area contributed by atoms with Gasteiger partial charge >= 0.3 is 0 Å². The lowest BCUT2D eigenvalue weighted by atomic mass is 9.83. The second-order valence-corrected chi connectivity index (χ2v) is 8.83. The lowest BCUT2D eigenvalue weighted by Gasteiger charge is -2.34. The van der Waals surface area contributed by atoms with Crippen LogP contribution >= 0.6 is 0 Å². The van der Waals surface area contributed by atoms with Crippen LogP contribution in [-0.2, 0) is 5.54 Å². The molecule has 0 unspecified atom stereocenters. The van der Waals surface area contributed by atoms with Crippen LogP contribution in [0.5, 0.6) is 0 Å². The zero-order valence-electron chi connectivity index (χ0n) is 18.1. The molecule has 3 rings (SSSR count). The largest absolute Gasteiger partial charge is 0.376 e. The highest BCUT2D eigenvalue weighted by atomic mass is 15.0. The van der Waals surface area contributed by atoms with Crippen LogP contribution in [-0.4, -0.2) is 0 Å². The first-order valence-electron chi connectivity index (χ1n) is 10.3. The molecule has 0 heterocycles. The van der Waals surface area contributed by atoms with E-state index in [1.165, 1.54) is 38.7 Å². The number of benzene rings is 3. The van der Waals surface area contributed by atoms with Crippen LogP contribution < -0.4 is 5.32 Å². The van der Waals surface area contributed by atoms with E-state index in [4.69, 9.17) is 0 Å². The molecule has 0 aromatic heterocycles. The highest BCUT2D eigenvalue weighted by Crippen LogP contribution is 2.39. The lowest BCUT2D eigenvalue weighted by Crippen LogP contribution is -2.30. The van der Waals surface area contributed by atoms with Crippen molar-refractivity contribution in [2.24, 2.45) is 0 Å². The minimum atomic E-state index is -0.251. The predicted octanol–water partition coefficient (Wildman–Crippen LogP) is 8.08. The molecule has 3 aromatic carbocycles. The number of nitrogens with one attached hydrogen (secondary N) is 1. The van der Waals surface area contributed by atoms with Gasteiger partial charge in [-0.25, -0.2) is 0 Å². The van der Waals surface area contributed by atoms with E-state index in [1.807, 2.05) is 6.08 Å². The summed E-state index contributed by atoms with van der Waals surface area (Å²) in [6.07, 6.45) is 1.98. The Labute approximate surface area is 170 Å². The Kier molecular flexibility index (Phi) is 5.65. The SMILES string of the molecule is C=Cc1ccc2ccccc2c1C(C)(C)Nc1c(C(C)C)cccc1C(C)C. The van der Waals surface area contributed by atoms with Crippen molar-refractivity contribution < 1.29 is 0 Å². The van der Waals surface area contributed by atoms with Gasteiger partial charge in [-0.15, -0.1) is 0 Å². The number of fused-ring (bicyclic) bond motifs is 1. The Balaban J connectivity index is 2.22. The second-order valence-electron chi connectivity index (χ2n) is 8.83. The van der Waals surface area contributed by atoms with Gasteiger partial charge in [0.15, 0.2) is 0 Å². The van der Waals surface area contributed by atoms with Gasteiger partial charge in [0.2, 0.25) is 0 Å². The minimum Gasteiger partial charge on any atom is -0.376 e. The van der Waals surface area contributed by atoms with Crippen LogP contribution in [0.2, 0.25) is 0 Å². The molecule has 1 heteroatoms. The Morgan fingerprint density at radius 1 is 0.821 bits per heavy atom. The van der Waals surface area contributed by atoms with Crippen molar-refractivity contribution in [1.29, 1.82) is 0 Å². The van der Waals surface area contributed by atoms with Crippen molar-refractivity contribution in [2.45, 2.75) is 58.9 Å². The summed E-state index contributed by atoms with van der Waals surface area (Å²) in [4.78, 5) is 0. The molecule has 0 atom stereocenters. The lowest BCUT2D eigenvalue weighted by molar-refractivity contribution is 0.609. The fourth-order valence-electron chi connectivity index (χ4n) is 4.23. The molecule has 0 amide bonds. The molecular weight excluding hydrogens is 338 g/mol. The van der Waals surface area contributed by atoms with Gasteiger partial charge < -0.3 is 5.32 Å². The molecule has 0 aliphatic rings. The van der Waals surface area contributed by atoms with E-state index in [9.17, 15) is 0 Å². The Hall–Kier alpha value is -2.54. The van der Waals surface area contributed by atoms with E-state index in [1.54, 1.807) is 0 Å². The fourth-order valence-corrected chi connectivity index (χ4v) is 4.23. The van der Waals surface area contributed by atoms with E-state index in [2.05, 4.69) is 108 Å². The fraction of sp³-hybridized carbons (Fsp3) is 0.333. The molecule has 0 aliphatic carbocycles. The van der Waals surface area contributed by atoms with Crippen molar-refractivity contribution in [2.75, 3.05) is 5.32 Å². The van der Waals surface area contributed by atoms with E-state index in [0.29, 0.717) is 11.8 Å². The van der Waals surface area contributed by atoms with Gasteiger partial charge in [-0.3, -0.25) is 0 Å². The summed E-state index contributed by atoms with van der Waals surface area (Å²) in [7, 11) is 0. The quantitative estimate of drug-likeness (QED) is 0.462. The zero-order valence-corrected chi connectivity index (χ0v) is 18.1. The maximum atomic E-state index is 4.08. The summed E-state index contributed by atoms with van der Waals surface area (Å²) in [5.41, 5.74) is 6.26. The first-order valence-corrected chi connectivity index (χ1v) is 10.3. The first kappa shape index (κ1) is 20.2. The molecule has 0 radical (unpaired) electrons. The van der Waals surface area contributed by atoms with Crippen LogP contribution in [0, 0.1) is 0 Å². The molecule has 0 spiro atoms. The smallest absolute Gasteiger partial charge is 0.0581 e. The summed E-state index contributed by atoms with van der Waals surface area (Å²) in [5.74, 6) is 0.923. The van der Waals surface area contributed by atoms with Gasteiger partial charge in [-0.1, -0.05) is 94.9 Å². The summed E-state index contributed by atoms with van der Waals surface area (Å²) in [6, 6.07) is 19.7. The van der Waals surface area contributed by atoms with E-state index in [0.717, 1.165) is 0 Å². The van der Waals surface area contributed by atoms with Crippen molar-refractivity contribution in [3.8, 4) is 0 Å². The highest BCUT2D eigenvalue weighted by molar-refractivity contribution is 5.90. The molecule has 1 N–H and O–H groups in total. The predicted molar refractivity (Wildman–Crippen MR) is 125 cm³/mol. The van der Waals surface area contributed by atoms with E-state index < -0.39 is 0 Å². The maximum Gasteiger partial charge on any atom is 0.0581 e. The van der Waals surface area contributed by atoms with Crippen LogP contribution in [0.15, 0.2) is 61.2 Å². The molecule has 28 heavy (non-hydrogen) atoms. The third-order valence-electron chi connectivity index (χ3n) is 5.62. The van der Waals surface area contributed by atoms with Crippen LogP contribution in [0.3, 0.4) is 0 Å². The first-order chi connectivity index (χ1) is 13.3. The second kappa shape index (κ2) is 7.83. The molecule has 3 aromatic rings. The molecule has 0 bridgehead atoms. The third kappa shape index (κ3) is 3.71. The molecule has 146 valence electrons. The average Bonchev–Trinajstić information content (AvgIpc) is 2.66. The van der Waals surface area contributed by atoms with Gasteiger partial charge in [0.1, 0.15) is 0 Å². The summed E-state index contributed by atoms with van der Waals surface area (Å²) < 4.78 is 0. The summed E-state index contributed by atoms with van der Waals surface area (Å²) in [6.45, 7) is 17.7. The number of hydrogen-bond acceptors (Lipinski definition) is 1. The molecular formula is C27H33N. The Morgan fingerprint density at radius 2 is 1.43 bits per heavy atom. The van der Waals surface area contributed by atoms with Gasteiger partial charge in [0.05, 0.1) is 5.54 Å². The zero-order chi connectivity index (χ0) is 20.5. The number of hydrogen-bond donors (Lipinski definition) is 1. The van der Waals surface area contributed by atoms with E-state index in [-0.39, 0.29) is 5.54 Å².